The van der Waals surface area contributed by atoms with E-state index in [0.717, 1.165) is 34.5 Å². The number of amides is 3. The third-order valence-electron chi connectivity index (χ3n) is 6.16. The van der Waals surface area contributed by atoms with Crippen LogP contribution in [0.25, 0.3) is 0 Å². The number of carbonyl (C=O) groups excluding carboxylic acids is 2. The van der Waals surface area contributed by atoms with Crippen molar-refractivity contribution in [1.29, 1.82) is 0 Å². The first-order valence-electron chi connectivity index (χ1n) is 10.7. The van der Waals surface area contributed by atoms with E-state index in [4.69, 9.17) is 0 Å². The maximum atomic E-state index is 12.7. The predicted molar refractivity (Wildman–Crippen MR) is 121 cm³/mol. The van der Waals surface area contributed by atoms with Gasteiger partial charge in [0.1, 0.15) is 4.88 Å². The topological polar surface area (TPSA) is 98.7 Å². The number of hydrogen-bond acceptors (Lipinski definition) is 4. The summed E-state index contributed by atoms with van der Waals surface area (Å²) < 4.78 is 0. The third-order valence-corrected chi connectivity index (χ3v) is 7.54. The summed E-state index contributed by atoms with van der Waals surface area (Å²) in [6, 6.07) is 6.91. The number of nitrogens with one attached hydrogen (secondary N) is 2. The SMILES string of the molecule is Cc1c(C(=O)O)sc2c1CN(C(=O)Nc1ccc(NC(=O)CC3CCCC3)cc1)CC2. The van der Waals surface area contributed by atoms with E-state index in [-0.39, 0.29) is 11.9 Å². The van der Waals surface area contributed by atoms with Gasteiger partial charge in [0.15, 0.2) is 0 Å². The average molecular weight is 442 g/mol. The van der Waals surface area contributed by atoms with Crippen LogP contribution in [0.4, 0.5) is 16.2 Å². The Bertz CT molecular complexity index is 993. The van der Waals surface area contributed by atoms with Gasteiger partial charge in [-0.3, -0.25) is 4.79 Å². The van der Waals surface area contributed by atoms with E-state index in [1.54, 1.807) is 36.1 Å². The molecule has 0 radical (unpaired) electrons. The lowest BCUT2D eigenvalue weighted by atomic mass is 10.0. The van der Waals surface area contributed by atoms with Crippen molar-refractivity contribution < 1.29 is 19.5 Å². The van der Waals surface area contributed by atoms with Gasteiger partial charge >= 0.3 is 12.0 Å². The minimum absolute atomic E-state index is 0.0414. The molecule has 7 nitrogen and oxygen atoms in total. The Morgan fingerprint density at radius 2 is 1.74 bits per heavy atom. The quantitative estimate of drug-likeness (QED) is 0.617. The minimum atomic E-state index is -0.914. The number of nitrogens with zero attached hydrogens (tertiary/aromatic N) is 1. The van der Waals surface area contributed by atoms with Crippen LogP contribution in [0.5, 0.6) is 0 Å². The second-order valence-electron chi connectivity index (χ2n) is 8.34. The Morgan fingerprint density at radius 3 is 2.39 bits per heavy atom. The fraction of sp³-hybridized carbons (Fsp3) is 0.435. The molecule has 3 N–H and O–H groups in total. The van der Waals surface area contributed by atoms with Gasteiger partial charge in [-0.15, -0.1) is 11.3 Å². The second kappa shape index (κ2) is 9.09. The number of hydrogen-bond donors (Lipinski definition) is 3. The molecule has 1 aromatic heterocycles. The van der Waals surface area contributed by atoms with Gasteiger partial charge < -0.3 is 20.6 Å². The molecule has 0 spiro atoms. The zero-order valence-corrected chi connectivity index (χ0v) is 18.4. The molecular formula is C23H27N3O4S. The normalized spacial score (nSPS) is 16.1. The second-order valence-corrected chi connectivity index (χ2v) is 9.45. The van der Waals surface area contributed by atoms with Crippen LogP contribution in [0.1, 0.15) is 57.8 Å². The molecule has 1 saturated carbocycles. The number of carboxylic acid groups (broad SMARTS) is 1. The van der Waals surface area contributed by atoms with Crippen molar-refractivity contribution in [2.75, 3.05) is 17.2 Å². The molecule has 8 heteroatoms. The van der Waals surface area contributed by atoms with Crippen LogP contribution >= 0.6 is 11.3 Å². The van der Waals surface area contributed by atoms with E-state index in [1.165, 1.54) is 24.2 Å². The average Bonchev–Trinajstić information content (AvgIpc) is 3.37. The molecule has 1 fully saturated rings. The highest BCUT2D eigenvalue weighted by atomic mass is 32.1. The molecule has 31 heavy (non-hydrogen) atoms. The number of carbonyl (C=O) groups is 3. The molecule has 1 aliphatic carbocycles. The van der Waals surface area contributed by atoms with Crippen molar-refractivity contribution >= 4 is 40.6 Å². The number of carboxylic acids is 1. The molecule has 0 bridgehead atoms. The number of urea groups is 1. The molecule has 2 aliphatic rings. The van der Waals surface area contributed by atoms with Gasteiger partial charge in [-0.1, -0.05) is 12.8 Å². The van der Waals surface area contributed by atoms with Crippen molar-refractivity contribution in [1.82, 2.24) is 4.90 Å². The lowest BCUT2D eigenvalue weighted by Crippen LogP contribution is -2.38. The highest BCUT2D eigenvalue weighted by molar-refractivity contribution is 7.14. The lowest BCUT2D eigenvalue weighted by Gasteiger charge is -2.27. The zero-order valence-electron chi connectivity index (χ0n) is 17.6. The van der Waals surface area contributed by atoms with Gasteiger partial charge in [-0.05, 0) is 67.5 Å². The van der Waals surface area contributed by atoms with E-state index in [9.17, 15) is 19.5 Å². The number of benzene rings is 1. The predicted octanol–water partition coefficient (Wildman–Crippen LogP) is 4.86. The Kier molecular flexibility index (Phi) is 6.27. The molecule has 1 aliphatic heterocycles. The van der Waals surface area contributed by atoms with Crippen LogP contribution in [0, 0.1) is 12.8 Å². The van der Waals surface area contributed by atoms with Gasteiger partial charge in [0.25, 0.3) is 0 Å². The highest BCUT2D eigenvalue weighted by Crippen LogP contribution is 2.33. The van der Waals surface area contributed by atoms with Gasteiger partial charge in [-0.25, -0.2) is 9.59 Å². The Morgan fingerprint density at radius 1 is 1.10 bits per heavy atom. The van der Waals surface area contributed by atoms with Gasteiger partial charge in [0.2, 0.25) is 5.91 Å². The first-order chi connectivity index (χ1) is 14.9. The summed E-state index contributed by atoms with van der Waals surface area (Å²) in [4.78, 5) is 39.4. The fourth-order valence-electron chi connectivity index (χ4n) is 4.43. The molecule has 2 aromatic rings. The number of rotatable bonds is 5. The third kappa shape index (κ3) is 4.90. The Labute approximate surface area is 185 Å². The monoisotopic (exact) mass is 441 g/mol. The first-order valence-corrected chi connectivity index (χ1v) is 11.5. The van der Waals surface area contributed by atoms with Crippen molar-refractivity contribution in [3.05, 3.63) is 45.1 Å². The summed E-state index contributed by atoms with van der Waals surface area (Å²) in [5, 5.41) is 15.1. The number of fused-ring (bicyclic) bond motifs is 1. The maximum Gasteiger partial charge on any atom is 0.346 e. The molecule has 1 aromatic carbocycles. The standard InChI is InChI=1S/C23H27N3O4S/c1-14-18-13-26(11-10-19(18)31-21(14)22(28)29)23(30)25-17-8-6-16(7-9-17)24-20(27)12-15-4-2-3-5-15/h6-9,15H,2-5,10-13H2,1H3,(H,24,27)(H,25,30)(H,28,29). The fourth-order valence-corrected chi connectivity index (χ4v) is 5.57. The molecule has 2 heterocycles. The molecular weight excluding hydrogens is 414 g/mol. The van der Waals surface area contributed by atoms with Crippen molar-refractivity contribution in [2.45, 2.75) is 52.0 Å². The van der Waals surface area contributed by atoms with E-state index in [0.29, 0.717) is 42.4 Å². The molecule has 4 rings (SSSR count). The van der Waals surface area contributed by atoms with Gasteiger partial charge in [0.05, 0.1) is 0 Å². The largest absolute Gasteiger partial charge is 0.477 e. The van der Waals surface area contributed by atoms with E-state index in [1.807, 2.05) is 0 Å². The number of thiophene rings is 1. The van der Waals surface area contributed by atoms with Crippen LogP contribution in [0.3, 0.4) is 0 Å². The molecule has 164 valence electrons. The van der Waals surface area contributed by atoms with Crippen LogP contribution in [0.15, 0.2) is 24.3 Å². The lowest BCUT2D eigenvalue weighted by molar-refractivity contribution is -0.117. The van der Waals surface area contributed by atoms with Crippen molar-refractivity contribution in [3.63, 3.8) is 0 Å². The summed E-state index contributed by atoms with van der Waals surface area (Å²) in [6.07, 6.45) is 5.95. The van der Waals surface area contributed by atoms with E-state index in [2.05, 4.69) is 10.6 Å². The smallest absolute Gasteiger partial charge is 0.346 e. The van der Waals surface area contributed by atoms with Gasteiger partial charge in [0, 0.05) is 35.8 Å². The summed E-state index contributed by atoms with van der Waals surface area (Å²) in [6.45, 7) is 2.76. The van der Waals surface area contributed by atoms with Crippen molar-refractivity contribution in [2.24, 2.45) is 5.92 Å². The highest BCUT2D eigenvalue weighted by Gasteiger charge is 2.27. The van der Waals surface area contributed by atoms with Crippen LogP contribution in [-0.2, 0) is 17.8 Å². The minimum Gasteiger partial charge on any atom is -0.477 e. The van der Waals surface area contributed by atoms with Crippen LogP contribution < -0.4 is 10.6 Å². The Balaban J connectivity index is 1.32. The summed E-state index contributed by atoms with van der Waals surface area (Å²) in [7, 11) is 0. The number of anilines is 2. The van der Waals surface area contributed by atoms with E-state index < -0.39 is 5.97 Å². The molecule has 3 amide bonds. The van der Waals surface area contributed by atoms with Gasteiger partial charge in [-0.2, -0.15) is 0 Å². The van der Waals surface area contributed by atoms with E-state index >= 15 is 0 Å². The first kappa shape index (κ1) is 21.4. The maximum absolute atomic E-state index is 12.7. The van der Waals surface area contributed by atoms with Crippen LogP contribution in [0.2, 0.25) is 0 Å². The summed E-state index contributed by atoms with van der Waals surface area (Å²) in [5.41, 5.74) is 3.07. The zero-order chi connectivity index (χ0) is 22.0. The van der Waals surface area contributed by atoms with Crippen molar-refractivity contribution in [3.8, 4) is 0 Å². The Hall–Kier alpha value is -2.87. The summed E-state index contributed by atoms with van der Waals surface area (Å²) in [5.74, 6) is -0.370. The molecule has 0 atom stereocenters. The molecule has 0 unspecified atom stereocenters. The number of aromatic carboxylic acids is 1. The summed E-state index contributed by atoms with van der Waals surface area (Å²) >= 11 is 1.31. The van der Waals surface area contributed by atoms with Crippen LogP contribution in [-0.4, -0.2) is 34.5 Å². The molecule has 0 saturated heterocycles.